The predicted molar refractivity (Wildman–Crippen MR) is 78.2 cm³/mol. The van der Waals surface area contributed by atoms with E-state index < -0.39 is 0 Å². The van der Waals surface area contributed by atoms with Gasteiger partial charge in [-0.05, 0) is 37.0 Å². The summed E-state index contributed by atoms with van der Waals surface area (Å²) in [5, 5.41) is 9.83. The quantitative estimate of drug-likeness (QED) is 0.789. The molecule has 0 unspecified atom stereocenters. The molecule has 0 bridgehead atoms. The van der Waals surface area contributed by atoms with Crippen LogP contribution < -0.4 is 0 Å². The lowest BCUT2D eigenvalue weighted by Gasteiger charge is -2.51. The summed E-state index contributed by atoms with van der Waals surface area (Å²) < 4.78 is 11.8. The number of fused-ring (bicyclic) bond motifs is 1. The van der Waals surface area contributed by atoms with E-state index in [-0.39, 0.29) is 17.8 Å². The number of allylic oxidation sites excluding steroid dienone is 2. The van der Waals surface area contributed by atoms with E-state index in [1.54, 1.807) is 0 Å². The standard InChI is InChI=1S/C17H26O3/c1-12(2)13-8-14-10-17(19-6-7-20-17)5-4-16(14,3)15(9-13)11-18/h8,13,15,18H,1,4-7,9-11H2,2-3H3/t13-,15-,16+/m1/s1. The molecule has 1 saturated heterocycles. The van der Waals surface area contributed by atoms with Gasteiger partial charge in [0, 0.05) is 19.4 Å². The largest absolute Gasteiger partial charge is 0.396 e. The minimum absolute atomic E-state index is 0.0985. The van der Waals surface area contributed by atoms with Gasteiger partial charge in [-0.2, -0.15) is 0 Å². The summed E-state index contributed by atoms with van der Waals surface area (Å²) in [6.07, 6.45) is 6.22. The molecular weight excluding hydrogens is 252 g/mol. The van der Waals surface area contributed by atoms with Crippen LogP contribution >= 0.6 is 0 Å². The van der Waals surface area contributed by atoms with E-state index >= 15 is 0 Å². The van der Waals surface area contributed by atoms with Crippen LogP contribution in [0.5, 0.6) is 0 Å². The Morgan fingerprint density at radius 2 is 2.10 bits per heavy atom. The molecule has 1 heterocycles. The summed E-state index contributed by atoms with van der Waals surface area (Å²) in [5.74, 6) is 0.317. The molecule has 3 aliphatic rings. The minimum Gasteiger partial charge on any atom is -0.396 e. The van der Waals surface area contributed by atoms with Crippen LogP contribution in [0.4, 0.5) is 0 Å². The van der Waals surface area contributed by atoms with Crippen molar-refractivity contribution in [2.75, 3.05) is 19.8 Å². The fraction of sp³-hybridized carbons (Fsp3) is 0.765. The highest BCUT2D eigenvalue weighted by Gasteiger charge is 2.51. The summed E-state index contributed by atoms with van der Waals surface area (Å²) >= 11 is 0. The molecule has 2 fully saturated rings. The van der Waals surface area contributed by atoms with Gasteiger partial charge in [-0.3, -0.25) is 0 Å². The third kappa shape index (κ3) is 2.16. The van der Waals surface area contributed by atoms with Crippen molar-refractivity contribution in [2.24, 2.45) is 17.3 Å². The Bertz CT molecular complexity index is 434. The first-order valence-corrected chi connectivity index (χ1v) is 7.74. The van der Waals surface area contributed by atoms with Gasteiger partial charge in [0.25, 0.3) is 0 Å². The van der Waals surface area contributed by atoms with Gasteiger partial charge in [-0.1, -0.05) is 30.7 Å². The van der Waals surface area contributed by atoms with E-state index in [1.807, 2.05) is 0 Å². The molecule has 0 aromatic rings. The molecule has 1 saturated carbocycles. The fourth-order valence-corrected chi connectivity index (χ4v) is 4.15. The second kappa shape index (κ2) is 4.97. The number of aliphatic hydroxyl groups excluding tert-OH is 1. The number of hydrogen-bond donors (Lipinski definition) is 1. The third-order valence-corrected chi connectivity index (χ3v) is 5.73. The summed E-state index contributed by atoms with van der Waals surface area (Å²) in [6, 6.07) is 0. The maximum Gasteiger partial charge on any atom is 0.172 e. The van der Waals surface area contributed by atoms with E-state index in [0.717, 1.165) is 25.7 Å². The van der Waals surface area contributed by atoms with Crippen molar-refractivity contribution >= 4 is 0 Å². The number of rotatable bonds is 2. The van der Waals surface area contributed by atoms with Crippen LogP contribution in [0.2, 0.25) is 0 Å². The van der Waals surface area contributed by atoms with Crippen LogP contribution in [0.3, 0.4) is 0 Å². The van der Waals surface area contributed by atoms with Crippen molar-refractivity contribution in [3.05, 3.63) is 23.8 Å². The van der Waals surface area contributed by atoms with Crippen molar-refractivity contribution in [3.63, 3.8) is 0 Å². The maximum atomic E-state index is 9.83. The van der Waals surface area contributed by atoms with E-state index in [1.165, 1.54) is 11.1 Å². The Balaban J connectivity index is 1.92. The number of aliphatic hydroxyl groups is 1. The zero-order chi connectivity index (χ0) is 14.4. The van der Waals surface area contributed by atoms with Crippen LogP contribution in [-0.4, -0.2) is 30.7 Å². The molecule has 1 N–H and O–H groups in total. The average Bonchev–Trinajstić information content (AvgIpc) is 2.87. The smallest absolute Gasteiger partial charge is 0.172 e. The first kappa shape index (κ1) is 14.3. The van der Waals surface area contributed by atoms with Crippen LogP contribution in [0, 0.1) is 17.3 Å². The average molecular weight is 278 g/mol. The van der Waals surface area contributed by atoms with E-state index in [0.29, 0.717) is 25.0 Å². The highest BCUT2D eigenvalue weighted by Crippen LogP contribution is 2.56. The Hall–Kier alpha value is -0.640. The topological polar surface area (TPSA) is 38.7 Å². The molecule has 1 aliphatic heterocycles. The zero-order valence-electron chi connectivity index (χ0n) is 12.7. The monoisotopic (exact) mass is 278 g/mol. The summed E-state index contributed by atoms with van der Waals surface area (Å²) in [6.45, 7) is 10.2. The van der Waals surface area contributed by atoms with Gasteiger partial charge in [0.15, 0.2) is 5.79 Å². The Morgan fingerprint density at radius 1 is 1.40 bits per heavy atom. The van der Waals surface area contributed by atoms with Crippen LogP contribution in [0.15, 0.2) is 23.8 Å². The third-order valence-electron chi connectivity index (χ3n) is 5.73. The summed E-state index contributed by atoms with van der Waals surface area (Å²) in [7, 11) is 0. The van der Waals surface area contributed by atoms with E-state index in [2.05, 4.69) is 26.5 Å². The first-order valence-electron chi connectivity index (χ1n) is 7.74. The molecule has 0 aromatic carbocycles. The highest BCUT2D eigenvalue weighted by molar-refractivity contribution is 5.28. The molecule has 0 amide bonds. The van der Waals surface area contributed by atoms with Gasteiger partial charge in [0.1, 0.15) is 0 Å². The lowest BCUT2D eigenvalue weighted by atomic mass is 9.57. The van der Waals surface area contributed by atoms with Crippen LogP contribution in [0.1, 0.15) is 39.5 Å². The second-order valence-corrected chi connectivity index (χ2v) is 6.96. The van der Waals surface area contributed by atoms with Crippen molar-refractivity contribution in [1.29, 1.82) is 0 Å². The van der Waals surface area contributed by atoms with Crippen molar-refractivity contribution in [2.45, 2.75) is 45.3 Å². The molecule has 0 aromatic heterocycles. The van der Waals surface area contributed by atoms with Crippen molar-refractivity contribution in [3.8, 4) is 0 Å². The van der Waals surface area contributed by atoms with Gasteiger partial charge in [-0.25, -0.2) is 0 Å². The highest BCUT2D eigenvalue weighted by atomic mass is 16.7. The molecule has 3 heteroatoms. The van der Waals surface area contributed by atoms with Gasteiger partial charge >= 0.3 is 0 Å². The van der Waals surface area contributed by atoms with Crippen molar-refractivity contribution < 1.29 is 14.6 Å². The van der Waals surface area contributed by atoms with Gasteiger partial charge < -0.3 is 14.6 Å². The molecule has 3 nitrogen and oxygen atoms in total. The molecule has 3 rings (SSSR count). The maximum absolute atomic E-state index is 9.83. The second-order valence-electron chi connectivity index (χ2n) is 6.96. The van der Waals surface area contributed by atoms with E-state index in [9.17, 15) is 5.11 Å². The molecule has 2 aliphatic carbocycles. The van der Waals surface area contributed by atoms with Crippen LogP contribution in [0.25, 0.3) is 0 Å². The molecule has 1 spiro atoms. The summed E-state index contributed by atoms with van der Waals surface area (Å²) in [5.41, 5.74) is 2.69. The minimum atomic E-state index is -0.387. The summed E-state index contributed by atoms with van der Waals surface area (Å²) in [4.78, 5) is 0. The lowest BCUT2D eigenvalue weighted by Crippen LogP contribution is -2.46. The first-order chi connectivity index (χ1) is 9.49. The van der Waals surface area contributed by atoms with Crippen molar-refractivity contribution in [1.82, 2.24) is 0 Å². The van der Waals surface area contributed by atoms with Crippen LogP contribution in [-0.2, 0) is 9.47 Å². The number of hydrogen-bond acceptors (Lipinski definition) is 3. The Kier molecular flexibility index (Phi) is 3.56. The zero-order valence-corrected chi connectivity index (χ0v) is 12.7. The Labute approximate surface area is 121 Å². The molecule has 3 atom stereocenters. The molecule has 20 heavy (non-hydrogen) atoms. The molecule has 0 radical (unpaired) electrons. The number of ether oxygens (including phenoxy) is 2. The lowest BCUT2D eigenvalue weighted by molar-refractivity contribution is -0.181. The van der Waals surface area contributed by atoms with Gasteiger partial charge in [-0.15, -0.1) is 0 Å². The predicted octanol–water partition coefficient (Wildman–Crippen LogP) is 3.05. The molecule has 112 valence electrons. The van der Waals surface area contributed by atoms with E-state index in [4.69, 9.17) is 9.47 Å². The SMILES string of the molecule is C=C(C)[C@@H]1C=C2CC3(CC[C@]2(C)[C@@H](CO)C1)OCCO3. The Morgan fingerprint density at radius 3 is 2.70 bits per heavy atom. The normalized spacial score (nSPS) is 39.5. The fourth-order valence-electron chi connectivity index (χ4n) is 4.15. The van der Waals surface area contributed by atoms with Gasteiger partial charge in [0.05, 0.1) is 13.2 Å². The van der Waals surface area contributed by atoms with Gasteiger partial charge in [0.2, 0.25) is 0 Å². The molecular formula is C17H26O3.